The lowest BCUT2D eigenvalue weighted by molar-refractivity contribution is 0.372. The molecule has 2 aromatic rings. The maximum absolute atomic E-state index is 4.85. The van der Waals surface area contributed by atoms with Crippen molar-refractivity contribution in [3.8, 4) is 0 Å². The SMILES string of the molecule is Cc1nnc(CN=C(NC2CC2)N2CCN(c3cccs3)CC2)n1C. The second-order valence-electron chi connectivity index (χ2n) is 6.71. The first kappa shape index (κ1) is 16.4. The Morgan fingerprint density at radius 3 is 2.68 bits per heavy atom. The standard InChI is InChI=1S/C17H25N7S/c1-13-20-21-15(22(13)2)12-18-17(19-14-5-6-14)24-9-7-23(8-10-24)16-4-3-11-25-16/h3-4,11,14H,5-10,12H2,1-2H3,(H,18,19). The molecule has 0 radical (unpaired) electrons. The molecule has 8 heteroatoms. The number of piperazine rings is 1. The summed E-state index contributed by atoms with van der Waals surface area (Å²) in [5.74, 6) is 2.85. The van der Waals surface area contributed by atoms with Gasteiger partial charge in [0.15, 0.2) is 11.8 Å². The Morgan fingerprint density at radius 2 is 2.08 bits per heavy atom. The van der Waals surface area contributed by atoms with Crippen LogP contribution in [0, 0.1) is 6.92 Å². The van der Waals surface area contributed by atoms with Gasteiger partial charge in [0.25, 0.3) is 0 Å². The molecule has 2 aliphatic rings. The molecule has 1 N–H and O–H groups in total. The van der Waals surface area contributed by atoms with Crippen LogP contribution in [0.1, 0.15) is 24.5 Å². The van der Waals surface area contributed by atoms with E-state index >= 15 is 0 Å². The van der Waals surface area contributed by atoms with E-state index in [1.807, 2.05) is 29.9 Å². The Bertz CT molecular complexity index is 724. The Hall–Kier alpha value is -2.09. The normalized spacial score (nSPS) is 18.7. The van der Waals surface area contributed by atoms with Gasteiger partial charge in [-0.05, 0) is 37.3 Å². The Balaban J connectivity index is 1.42. The van der Waals surface area contributed by atoms with Gasteiger partial charge < -0.3 is 19.7 Å². The summed E-state index contributed by atoms with van der Waals surface area (Å²) in [5, 5.41) is 15.5. The lowest BCUT2D eigenvalue weighted by atomic mass is 10.3. The zero-order valence-electron chi connectivity index (χ0n) is 14.9. The molecule has 1 aliphatic carbocycles. The van der Waals surface area contributed by atoms with Gasteiger partial charge in [0.1, 0.15) is 12.4 Å². The summed E-state index contributed by atoms with van der Waals surface area (Å²) in [5.41, 5.74) is 0. The van der Waals surface area contributed by atoms with Gasteiger partial charge in [0.2, 0.25) is 0 Å². The van der Waals surface area contributed by atoms with E-state index in [0.717, 1.165) is 43.8 Å². The first-order chi connectivity index (χ1) is 12.2. The molecule has 2 aromatic heterocycles. The molecule has 1 saturated carbocycles. The van der Waals surface area contributed by atoms with Crippen LogP contribution in [0.2, 0.25) is 0 Å². The first-order valence-corrected chi connectivity index (χ1v) is 9.78. The number of aryl methyl sites for hydroxylation is 1. The van der Waals surface area contributed by atoms with Crippen LogP contribution in [0.5, 0.6) is 0 Å². The van der Waals surface area contributed by atoms with Crippen LogP contribution in [0.25, 0.3) is 0 Å². The number of hydrogen-bond donors (Lipinski definition) is 1. The average molecular weight is 360 g/mol. The van der Waals surface area contributed by atoms with Crippen LogP contribution >= 0.6 is 11.3 Å². The van der Waals surface area contributed by atoms with E-state index in [1.165, 1.54) is 17.8 Å². The van der Waals surface area contributed by atoms with E-state index in [4.69, 9.17) is 4.99 Å². The van der Waals surface area contributed by atoms with Crippen molar-refractivity contribution in [3.05, 3.63) is 29.2 Å². The molecule has 0 atom stereocenters. The lowest BCUT2D eigenvalue weighted by Crippen LogP contribution is -2.52. The van der Waals surface area contributed by atoms with E-state index in [0.29, 0.717) is 12.6 Å². The topological polar surface area (TPSA) is 61.6 Å². The quantitative estimate of drug-likeness (QED) is 0.664. The largest absolute Gasteiger partial charge is 0.360 e. The molecule has 1 aliphatic heterocycles. The van der Waals surface area contributed by atoms with Gasteiger partial charge in [-0.25, -0.2) is 4.99 Å². The zero-order chi connectivity index (χ0) is 17.2. The van der Waals surface area contributed by atoms with Crippen molar-refractivity contribution in [2.75, 3.05) is 31.1 Å². The number of thiophene rings is 1. The maximum atomic E-state index is 4.85. The number of anilines is 1. The molecule has 4 rings (SSSR count). The summed E-state index contributed by atoms with van der Waals surface area (Å²) >= 11 is 1.81. The van der Waals surface area contributed by atoms with Crippen molar-refractivity contribution in [2.45, 2.75) is 32.4 Å². The summed E-state index contributed by atoms with van der Waals surface area (Å²) in [6.07, 6.45) is 2.49. The van der Waals surface area contributed by atoms with Gasteiger partial charge in [0, 0.05) is 39.3 Å². The van der Waals surface area contributed by atoms with E-state index in [9.17, 15) is 0 Å². The van der Waals surface area contributed by atoms with E-state index in [-0.39, 0.29) is 0 Å². The lowest BCUT2D eigenvalue weighted by Gasteiger charge is -2.37. The third-order valence-corrected chi connectivity index (χ3v) is 5.79. The summed E-state index contributed by atoms with van der Waals surface area (Å²) in [6, 6.07) is 4.92. The minimum atomic E-state index is 0.567. The van der Waals surface area contributed by atoms with Crippen molar-refractivity contribution in [1.82, 2.24) is 25.0 Å². The Labute approximate surface area is 152 Å². The van der Waals surface area contributed by atoms with Crippen LogP contribution in [-0.2, 0) is 13.6 Å². The Kier molecular flexibility index (Phi) is 4.61. The molecule has 134 valence electrons. The number of nitrogens with zero attached hydrogens (tertiary/aromatic N) is 6. The van der Waals surface area contributed by atoms with Gasteiger partial charge in [-0.1, -0.05) is 0 Å². The highest BCUT2D eigenvalue weighted by atomic mass is 32.1. The van der Waals surface area contributed by atoms with Crippen molar-refractivity contribution in [2.24, 2.45) is 12.0 Å². The van der Waals surface area contributed by atoms with Gasteiger partial charge >= 0.3 is 0 Å². The first-order valence-electron chi connectivity index (χ1n) is 8.90. The van der Waals surface area contributed by atoms with Crippen LogP contribution in [-0.4, -0.2) is 57.8 Å². The van der Waals surface area contributed by atoms with Gasteiger partial charge in [-0.15, -0.1) is 21.5 Å². The summed E-state index contributed by atoms with van der Waals surface area (Å²) in [4.78, 5) is 9.69. The predicted octanol–water partition coefficient (Wildman–Crippen LogP) is 1.62. The van der Waals surface area contributed by atoms with Crippen LogP contribution in [0.4, 0.5) is 5.00 Å². The Morgan fingerprint density at radius 1 is 1.28 bits per heavy atom. The van der Waals surface area contributed by atoms with Gasteiger partial charge in [0.05, 0.1) is 5.00 Å². The summed E-state index contributed by atoms with van der Waals surface area (Å²) < 4.78 is 2.01. The molecule has 0 spiro atoms. The zero-order valence-corrected chi connectivity index (χ0v) is 15.7. The molecule has 3 heterocycles. The number of aromatic nitrogens is 3. The highest BCUT2D eigenvalue weighted by molar-refractivity contribution is 7.14. The number of guanidine groups is 1. The number of nitrogens with one attached hydrogen (secondary N) is 1. The molecule has 0 aromatic carbocycles. The summed E-state index contributed by atoms with van der Waals surface area (Å²) in [6.45, 7) is 6.59. The monoisotopic (exact) mass is 359 g/mol. The van der Waals surface area contributed by atoms with Crippen molar-refractivity contribution >= 4 is 22.3 Å². The highest BCUT2D eigenvalue weighted by Crippen LogP contribution is 2.23. The van der Waals surface area contributed by atoms with Crippen molar-refractivity contribution in [1.29, 1.82) is 0 Å². The van der Waals surface area contributed by atoms with Crippen LogP contribution in [0.3, 0.4) is 0 Å². The number of rotatable bonds is 4. The molecular weight excluding hydrogens is 334 g/mol. The smallest absolute Gasteiger partial charge is 0.194 e. The van der Waals surface area contributed by atoms with Crippen LogP contribution in [0.15, 0.2) is 22.5 Å². The van der Waals surface area contributed by atoms with Crippen molar-refractivity contribution < 1.29 is 0 Å². The predicted molar refractivity (Wildman–Crippen MR) is 101 cm³/mol. The summed E-state index contributed by atoms with van der Waals surface area (Å²) in [7, 11) is 1.99. The minimum absolute atomic E-state index is 0.567. The fourth-order valence-electron chi connectivity index (χ4n) is 2.97. The third-order valence-electron chi connectivity index (χ3n) is 4.86. The molecule has 0 bridgehead atoms. The second-order valence-corrected chi connectivity index (χ2v) is 7.63. The van der Waals surface area contributed by atoms with Gasteiger partial charge in [-0.3, -0.25) is 0 Å². The third kappa shape index (κ3) is 3.78. The average Bonchev–Trinajstić information content (AvgIpc) is 3.17. The molecule has 1 saturated heterocycles. The molecule has 7 nitrogen and oxygen atoms in total. The van der Waals surface area contributed by atoms with Crippen molar-refractivity contribution in [3.63, 3.8) is 0 Å². The van der Waals surface area contributed by atoms with E-state index < -0.39 is 0 Å². The number of hydrogen-bond acceptors (Lipinski definition) is 5. The van der Waals surface area contributed by atoms with Gasteiger partial charge in [-0.2, -0.15) is 0 Å². The van der Waals surface area contributed by atoms with E-state index in [1.54, 1.807) is 0 Å². The van der Waals surface area contributed by atoms with E-state index in [2.05, 4.69) is 42.8 Å². The van der Waals surface area contributed by atoms with Crippen LogP contribution < -0.4 is 10.2 Å². The molecule has 2 fully saturated rings. The molecule has 0 unspecified atom stereocenters. The fourth-order valence-corrected chi connectivity index (χ4v) is 3.76. The molecular formula is C17H25N7S. The highest BCUT2D eigenvalue weighted by Gasteiger charge is 2.27. The molecule has 25 heavy (non-hydrogen) atoms. The second kappa shape index (κ2) is 7.03. The maximum Gasteiger partial charge on any atom is 0.194 e. The molecule has 0 amide bonds. The minimum Gasteiger partial charge on any atom is -0.360 e. The number of aliphatic imine (C=N–C) groups is 1. The fraction of sp³-hybridized carbons (Fsp3) is 0.588.